The lowest BCUT2D eigenvalue weighted by molar-refractivity contribution is -0.151. The van der Waals surface area contributed by atoms with Crippen molar-refractivity contribution < 1.29 is 32.6 Å². The van der Waals surface area contributed by atoms with Crippen LogP contribution in [0.25, 0.3) is 16.8 Å². The number of fused-ring (bicyclic) bond motifs is 1. The first-order chi connectivity index (χ1) is 21.9. The van der Waals surface area contributed by atoms with Gasteiger partial charge in [0.1, 0.15) is 11.9 Å². The minimum absolute atomic E-state index is 0.152. The van der Waals surface area contributed by atoms with Crippen molar-refractivity contribution in [1.29, 1.82) is 0 Å². The molecule has 0 radical (unpaired) electrons. The van der Waals surface area contributed by atoms with Crippen LogP contribution in [-0.4, -0.2) is 66.5 Å². The number of anilines is 1. The number of carboxylic acids is 1. The molecule has 1 saturated heterocycles. The van der Waals surface area contributed by atoms with Gasteiger partial charge in [0, 0.05) is 48.3 Å². The molecule has 0 spiro atoms. The zero-order valence-corrected chi connectivity index (χ0v) is 25.3. The number of aromatic nitrogens is 4. The van der Waals surface area contributed by atoms with Gasteiger partial charge in [0.05, 0.1) is 35.0 Å². The third-order valence-electron chi connectivity index (χ3n) is 9.23. The Kier molecular flexibility index (Phi) is 8.29. The number of hydrogen-bond acceptors (Lipinski definition) is 8. The number of hydrazine groups is 1. The summed E-state index contributed by atoms with van der Waals surface area (Å²) in [4.78, 5) is 40.3. The lowest BCUT2D eigenvalue weighted by Gasteiger charge is -2.46. The normalized spacial score (nSPS) is 24.2. The molecule has 14 heteroatoms. The number of morpholine rings is 1. The molecule has 3 aromatic heterocycles. The number of amides is 1. The molecular formula is C32H34F3N7O4. The number of halogens is 3. The van der Waals surface area contributed by atoms with E-state index in [-0.39, 0.29) is 29.6 Å². The lowest BCUT2D eigenvalue weighted by Crippen LogP contribution is -2.52. The number of carboxylic acid groups (broad SMARTS) is 1. The second kappa shape index (κ2) is 12.1. The predicted octanol–water partition coefficient (Wildman–Crippen LogP) is 5.13. The van der Waals surface area contributed by atoms with E-state index in [0.717, 1.165) is 30.6 Å². The largest absolute Gasteiger partial charge is 0.481 e. The van der Waals surface area contributed by atoms with Crippen LogP contribution >= 0.6 is 0 Å². The Morgan fingerprint density at radius 2 is 1.85 bits per heavy atom. The van der Waals surface area contributed by atoms with E-state index in [1.54, 1.807) is 24.5 Å². The van der Waals surface area contributed by atoms with E-state index in [9.17, 15) is 27.9 Å². The molecule has 46 heavy (non-hydrogen) atoms. The highest BCUT2D eigenvalue weighted by Crippen LogP contribution is 2.40. The average molecular weight is 638 g/mol. The van der Waals surface area contributed by atoms with Gasteiger partial charge in [-0.3, -0.25) is 23.9 Å². The van der Waals surface area contributed by atoms with Gasteiger partial charge in [-0.2, -0.15) is 13.2 Å². The van der Waals surface area contributed by atoms with E-state index in [0.29, 0.717) is 54.2 Å². The smallest absolute Gasteiger partial charge is 0.416 e. The Morgan fingerprint density at radius 3 is 2.52 bits per heavy atom. The molecular weight excluding hydrogens is 603 g/mol. The molecule has 4 aromatic rings. The Labute approximate surface area is 262 Å². The number of aliphatic carboxylic acids is 1. The van der Waals surface area contributed by atoms with Crippen LogP contribution < -0.4 is 10.9 Å². The van der Waals surface area contributed by atoms with Crippen molar-refractivity contribution in [3.05, 3.63) is 78.1 Å². The van der Waals surface area contributed by atoms with Crippen LogP contribution in [-0.2, 0) is 15.7 Å². The number of benzene rings is 1. The topological polar surface area (TPSA) is 139 Å². The first-order valence-electron chi connectivity index (χ1n) is 15.0. The van der Waals surface area contributed by atoms with E-state index >= 15 is 0 Å². The molecule has 4 heterocycles. The highest BCUT2D eigenvalue weighted by Gasteiger charge is 2.42. The summed E-state index contributed by atoms with van der Waals surface area (Å²) in [5, 5.41) is 10.3. The molecule has 11 nitrogen and oxygen atoms in total. The molecule has 1 aliphatic heterocycles. The van der Waals surface area contributed by atoms with Crippen molar-refractivity contribution in [3.8, 4) is 11.3 Å². The highest BCUT2D eigenvalue weighted by atomic mass is 19.4. The Hall–Kier alpha value is -4.40. The predicted molar refractivity (Wildman–Crippen MR) is 162 cm³/mol. The number of imidazole rings is 1. The van der Waals surface area contributed by atoms with Gasteiger partial charge < -0.3 is 9.84 Å². The lowest BCUT2D eigenvalue weighted by atomic mass is 9.73. The zero-order chi connectivity index (χ0) is 32.8. The van der Waals surface area contributed by atoms with E-state index in [1.165, 1.54) is 12.1 Å². The maximum absolute atomic E-state index is 13.2. The monoisotopic (exact) mass is 637 g/mol. The van der Waals surface area contributed by atoms with Crippen LogP contribution in [0.1, 0.15) is 67.4 Å². The second-order valence-electron chi connectivity index (χ2n) is 12.3. The number of nitrogens with two attached hydrogens (primary N) is 1. The van der Waals surface area contributed by atoms with Crippen molar-refractivity contribution in [2.45, 2.75) is 63.9 Å². The molecule has 0 unspecified atom stereocenters. The van der Waals surface area contributed by atoms with Gasteiger partial charge in [-0.05, 0) is 63.8 Å². The number of rotatable bonds is 6. The van der Waals surface area contributed by atoms with E-state index in [4.69, 9.17) is 15.6 Å². The molecule has 6 rings (SSSR count). The number of ether oxygens (including phenoxy) is 1. The number of nitrogens with zero attached hydrogens (tertiary/aromatic N) is 6. The zero-order valence-electron chi connectivity index (χ0n) is 25.3. The molecule has 2 fully saturated rings. The average Bonchev–Trinajstić information content (AvgIpc) is 3.44. The summed E-state index contributed by atoms with van der Waals surface area (Å²) in [5.41, 5.74) is 0.536. The second-order valence-corrected chi connectivity index (χ2v) is 12.3. The van der Waals surface area contributed by atoms with Crippen LogP contribution in [0, 0.1) is 5.41 Å². The molecule has 0 bridgehead atoms. The summed E-state index contributed by atoms with van der Waals surface area (Å²) in [7, 11) is 0. The molecule has 2 atom stereocenters. The molecule has 1 aliphatic carbocycles. The fourth-order valence-corrected chi connectivity index (χ4v) is 6.37. The number of carbonyl (C=O) groups is 2. The molecule has 2 aliphatic rings. The van der Waals surface area contributed by atoms with Gasteiger partial charge in [0.25, 0.3) is 5.91 Å². The maximum atomic E-state index is 13.2. The number of alkyl halides is 3. The van der Waals surface area contributed by atoms with Gasteiger partial charge >= 0.3 is 12.1 Å². The quantitative estimate of drug-likeness (QED) is 0.167. The summed E-state index contributed by atoms with van der Waals surface area (Å²) in [5.74, 6) is 4.77. The van der Waals surface area contributed by atoms with Gasteiger partial charge in [-0.1, -0.05) is 12.1 Å². The molecule has 1 saturated carbocycles. The van der Waals surface area contributed by atoms with Crippen molar-refractivity contribution in [2.24, 2.45) is 11.3 Å². The Morgan fingerprint density at radius 1 is 1.13 bits per heavy atom. The summed E-state index contributed by atoms with van der Waals surface area (Å²) in [6, 6.07) is 8.38. The van der Waals surface area contributed by atoms with Crippen molar-refractivity contribution >= 4 is 23.2 Å². The number of hydrogen-bond donors (Lipinski definition) is 2. The standard InChI is InChI=1S/C32H34F3N7O4/c1-19-18-46-25(17-41(19)23-7-10-31(2,11-8-23)30(44)45)28-39-27(24-16-37-13-14-40(24)28)20-3-5-21(6-4-20)29(43)42(36)26-15-22(9-12-38-26)32(33,34)35/h3-6,9,12-16,19,23,25H,7-8,10-11,17-18,36H2,1-2H3,(H,44,45)/t19-,23?,25+,31?/m0/s1. The molecule has 242 valence electrons. The first-order valence-corrected chi connectivity index (χ1v) is 15.0. The van der Waals surface area contributed by atoms with Crippen molar-refractivity contribution in [2.75, 3.05) is 18.2 Å². The van der Waals surface area contributed by atoms with E-state index in [2.05, 4.69) is 21.8 Å². The summed E-state index contributed by atoms with van der Waals surface area (Å²) < 4.78 is 47.7. The fourth-order valence-electron chi connectivity index (χ4n) is 6.37. The van der Waals surface area contributed by atoms with Gasteiger partial charge in [-0.15, -0.1) is 0 Å². The molecule has 1 aromatic carbocycles. The van der Waals surface area contributed by atoms with Crippen LogP contribution in [0.4, 0.5) is 19.0 Å². The minimum atomic E-state index is -4.61. The third-order valence-corrected chi connectivity index (χ3v) is 9.23. The SMILES string of the molecule is C[C@H]1CO[C@@H](c2nc(-c3ccc(C(=O)N(N)c4cc(C(F)(F)F)ccn4)cc3)c3cnccn23)CN1C1CCC(C)(C(=O)O)CC1. The van der Waals surface area contributed by atoms with Crippen LogP contribution in [0.5, 0.6) is 0 Å². The van der Waals surface area contributed by atoms with Crippen molar-refractivity contribution in [3.63, 3.8) is 0 Å². The Balaban J connectivity index is 1.23. The number of pyridine rings is 1. The van der Waals surface area contributed by atoms with Gasteiger partial charge in [0.15, 0.2) is 5.82 Å². The van der Waals surface area contributed by atoms with Crippen LogP contribution in [0.15, 0.2) is 61.2 Å². The molecule has 1 amide bonds. The van der Waals surface area contributed by atoms with Gasteiger partial charge in [-0.25, -0.2) is 20.8 Å². The molecule has 3 N–H and O–H groups in total. The van der Waals surface area contributed by atoms with Crippen LogP contribution in [0.3, 0.4) is 0 Å². The summed E-state index contributed by atoms with van der Waals surface area (Å²) in [6.07, 6.45) is 4.02. The van der Waals surface area contributed by atoms with E-state index < -0.39 is 29.0 Å². The third kappa shape index (κ3) is 5.95. The number of carbonyl (C=O) groups excluding carboxylic acids is 1. The summed E-state index contributed by atoms with van der Waals surface area (Å²) >= 11 is 0. The Bertz CT molecular complexity index is 1750. The first kappa shape index (κ1) is 31.6. The van der Waals surface area contributed by atoms with E-state index in [1.807, 2.05) is 17.5 Å². The highest BCUT2D eigenvalue weighted by molar-refractivity contribution is 6.05. The minimum Gasteiger partial charge on any atom is -0.481 e. The fraction of sp³-hybridized carbons (Fsp3) is 0.406. The van der Waals surface area contributed by atoms with Crippen molar-refractivity contribution in [1.82, 2.24) is 24.3 Å². The van der Waals surface area contributed by atoms with Crippen LogP contribution in [0.2, 0.25) is 0 Å². The summed E-state index contributed by atoms with van der Waals surface area (Å²) in [6.45, 7) is 5.04. The maximum Gasteiger partial charge on any atom is 0.416 e. The van der Waals surface area contributed by atoms with Gasteiger partial charge in [0.2, 0.25) is 0 Å².